The summed E-state index contributed by atoms with van der Waals surface area (Å²) in [5.41, 5.74) is 8.96. The van der Waals surface area contributed by atoms with Crippen LogP contribution in [-0.2, 0) is 11.2 Å². The quantitative estimate of drug-likeness (QED) is 0.508. The molecule has 1 aliphatic heterocycles. The molecule has 33 heavy (non-hydrogen) atoms. The second-order valence-electron chi connectivity index (χ2n) is 8.01. The van der Waals surface area contributed by atoms with Crippen LogP contribution >= 0.6 is 0 Å². The van der Waals surface area contributed by atoms with E-state index in [9.17, 15) is 9.18 Å². The van der Waals surface area contributed by atoms with Crippen molar-refractivity contribution in [2.75, 3.05) is 36.9 Å². The minimum absolute atomic E-state index is 0.152. The zero-order valence-electron chi connectivity index (χ0n) is 18.1. The number of carbonyl (C=O) groups excluding carboxylic acids is 1. The van der Waals surface area contributed by atoms with Crippen molar-refractivity contribution in [3.05, 3.63) is 72.2 Å². The molecule has 2 N–H and O–H groups in total. The van der Waals surface area contributed by atoms with Crippen molar-refractivity contribution >= 4 is 23.0 Å². The summed E-state index contributed by atoms with van der Waals surface area (Å²) < 4.78 is 15.4. The number of rotatable bonds is 5. The summed E-state index contributed by atoms with van der Waals surface area (Å²) in [5.74, 6) is 0.630. The molecule has 0 saturated carbocycles. The van der Waals surface area contributed by atoms with E-state index in [1.54, 1.807) is 18.3 Å². The lowest BCUT2D eigenvalue weighted by molar-refractivity contribution is -0.131. The minimum atomic E-state index is -0.312. The zero-order chi connectivity index (χ0) is 22.8. The first-order valence-electron chi connectivity index (χ1n) is 10.9. The van der Waals surface area contributed by atoms with Crippen molar-refractivity contribution < 1.29 is 9.18 Å². The molecule has 0 aliphatic carbocycles. The van der Waals surface area contributed by atoms with Crippen molar-refractivity contribution in [2.24, 2.45) is 0 Å². The van der Waals surface area contributed by atoms with Gasteiger partial charge in [-0.25, -0.2) is 19.0 Å². The number of carbonyl (C=O) groups is 1. The molecule has 1 fully saturated rings. The molecule has 5 rings (SSSR count). The lowest BCUT2D eigenvalue weighted by Gasteiger charge is -2.37. The SMILES string of the molecule is Nc1ncc2nc(-c3ccc(F)cc3)n(N3CCN(C(=O)CCc4ccccc4)CC3)c2n1. The van der Waals surface area contributed by atoms with Crippen molar-refractivity contribution in [2.45, 2.75) is 12.8 Å². The molecule has 0 spiro atoms. The van der Waals surface area contributed by atoms with Gasteiger partial charge in [-0.1, -0.05) is 30.3 Å². The standard InChI is InChI=1S/C24H24FN7O/c25-19-9-7-18(8-10-19)22-28-20-16-27-24(26)29-23(20)32(22)31-14-12-30(13-15-31)21(33)11-6-17-4-2-1-3-5-17/h1-5,7-10,16H,6,11-15H2,(H2,26,27,29). The monoisotopic (exact) mass is 445 g/mol. The average molecular weight is 446 g/mol. The number of imidazole rings is 1. The first-order chi connectivity index (χ1) is 16.1. The fourth-order valence-electron chi connectivity index (χ4n) is 4.13. The molecule has 0 unspecified atom stereocenters. The number of nitrogen functional groups attached to an aromatic ring is 1. The number of aromatic nitrogens is 4. The van der Waals surface area contributed by atoms with Crippen molar-refractivity contribution in [3.8, 4) is 11.4 Å². The Balaban J connectivity index is 1.35. The Morgan fingerprint density at radius 2 is 1.70 bits per heavy atom. The van der Waals surface area contributed by atoms with E-state index in [0.717, 1.165) is 17.5 Å². The summed E-state index contributed by atoms with van der Waals surface area (Å²) in [5, 5.41) is 2.10. The number of hydrogen-bond donors (Lipinski definition) is 1. The first-order valence-corrected chi connectivity index (χ1v) is 10.9. The zero-order valence-corrected chi connectivity index (χ0v) is 18.1. The topological polar surface area (TPSA) is 93.2 Å². The number of benzene rings is 2. The van der Waals surface area contributed by atoms with Gasteiger partial charge in [0.1, 0.15) is 11.3 Å². The molecular weight excluding hydrogens is 421 g/mol. The number of nitrogens with zero attached hydrogens (tertiary/aromatic N) is 6. The molecule has 168 valence electrons. The van der Waals surface area contributed by atoms with Crippen molar-refractivity contribution in [3.63, 3.8) is 0 Å². The van der Waals surface area contributed by atoms with Gasteiger partial charge < -0.3 is 15.6 Å². The largest absolute Gasteiger partial charge is 0.368 e. The van der Waals surface area contributed by atoms with Gasteiger partial charge in [-0.2, -0.15) is 4.98 Å². The molecule has 2 aromatic heterocycles. The molecule has 1 saturated heterocycles. The van der Waals surface area contributed by atoms with Crippen molar-refractivity contribution in [1.82, 2.24) is 24.5 Å². The molecule has 0 bridgehead atoms. The van der Waals surface area contributed by atoms with Crippen LogP contribution in [0.4, 0.5) is 10.3 Å². The van der Waals surface area contributed by atoms with Gasteiger partial charge in [0.15, 0.2) is 11.5 Å². The predicted octanol–water partition coefficient (Wildman–Crippen LogP) is 2.63. The maximum atomic E-state index is 13.5. The van der Waals surface area contributed by atoms with Crippen LogP contribution < -0.4 is 10.7 Å². The number of nitrogens with two attached hydrogens (primary N) is 1. The van der Waals surface area contributed by atoms with Gasteiger partial charge in [0.05, 0.1) is 19.3 Å². The number of anilines is 1. The average Bonchev–Trinajstić information content (AvgIpc) is 3.22. The number of aryl methyl sites for hydroxylation is 1. The van der Waals surface area contributed by atoms with Crippen LogP contribution in [0.1, 0.15) is 12.0 Å². The van der Waals surface area contributed by atoms with Gasteiger partial charge >= 0.3 is 0 Å². The molecule has 3 heterocycles. The number of fused-ring (bicyclic) bond motifs is 1. The van der Waals surface area contributed by atoms with Crippen LogP contribution in [0, 0.1) is 5.82 Å². The van der Waals surface area contributed by atoms with Crippen LogP contribution in [0.25, 0.3) is 22.6 Å². The fraction of sp³-hybridized carbons (Fsp3) is 0.250. The van der Waals surface area contributed by atoms with Crippen LogP contribution in [0.15, 0.2) is 60.8 Å². The van der Waals surface area contributed by atoms with E-state index in [2.05, 4.69) is 20.0 Å². The van der Waals surface area contributed by atoms with Gasteiger partial charge in [-0.15, -0.1) is 0 Å². The Bertz CT molecular complexity index is 1270. The van der Waals surface area contributed by atoms with Gasteiger partial charge in [-0.05, 0) is 36.2 Å². The molecular formula is C24H24FN7O. The molecule has 0 radical (unpaired) electrons. The van der Waals surface area contributed by atoms with E-state index in [1.807, 2.05) is 39.9 Å². The molecule has 1 aliphatic rings. The summed E-state index contributed by atoms with van der Waals surface area (Å²) in [6.07, 6.45) is 2.81. The summed E-state index contributed by atoms with van der Waals surface area (Å²) in [6.45, 7) is 2.41. The second-order valence-corrected chi connectivity index (χ2v) is 8.01. The third-order valence-electron chi connectivity index (χ3n) is 5.86. The number of halogens is 1. The lowest BCUT2D eigenvalue weighted by atomic mass is 10.1. The Kier molecular flexibility index (Phi) is 5.60. The van der Waals surface area contributed by atoms with E-state index in [4.69, 9.17) is 5.73 Å². The Labute approximate surface area is 190 Å². The van der Waals surface area contributed by atoms with Crippen molar-refractivity contribution in [1.29, 1.82) is 0 Å². The van der Waals surface area contributed by atoms with E-state index in [-0.39, 0.29) is 17.7 Å². The molecule has 4 aromatic rings. The van der Waals surface area contributed by atoms with Gasteiger partial charge in [-0.3, -0.25) is 4.79 Å². The highest BCUT2D eigenvalue weighted by Gasteiger charge is 2.25. The Morgan fingerprint density at radius 1 is 0.970 bits per heavy atom. The van der Waals surface area contributed by atoms with Crippen LogP contribution in [0.3, 0.4) is 0 Å². The molecule has 8 nitrogen and oxygen atoms in total. The highest BCUT2D eigenvalue weighted by atomic mass is 19.1. The minimum Gasteiger partial charge on any atom is -0.368 e. The number of piperazine rings is 1. The summed E-state index contributed by atoms with van der Waals surface area (Å²) in [4.78, 5) is 27.8. The molecule has 9 heteroatoms. The summed E-state index contributed by atoms with van der Waals surface area (Å²) in [6, 6.07) is 16.2. The maximum Gasteiger partial charge on any atom is 0.223 e. The smallest absolute Gasteiger partial charge is 0.223 e. The van der Waals surface area contributed by atoms with Gasteiger partial charge in [0, 0.05) is 25.1 Å². The third kappa shape index (κ3) is 4.34. The van der Waals surface area contributed by atoms with E-state index in [1.165, 1.54) is 12.1 Å². The van der Waals surface area contributed by atoms with Crippen LogP contribution in [0.5, 0.6) is 0 Å². The maximum absolute atomic E-state index is 13.5. The van der Waals surface area contributed by atoms with E-state index < -0.39 is 0 Å². The Morgan fingerprint density at radius 3 is 2.42 bits per heavy atom. The number of amides is 1. The molecule has 1 amide bonds. The molecule has 0 atom stereocenters. The highest BCUT2D eigenvalue weighted by Crippen LogP contribution is 2.25. The van der Waals surface area contributed by atoms with Gasteiger partial charge in [0.2, 0.25) is 11.9 Å². The lowest BCUT2D eigenvalue weighted by Crippen LogP contribution is -2.53. The predicted molar refractivity (Wildman–Crippen MR) is 124 cm³/mol. The van der Waals surface area contributed by atoms with E-state index >= 15 is 0 Å². The second kappa shape index (κ2) is 8.85. The van der Waals surface area contributed by atoms with Gasteiger partial charge in [0.25, 0.3) is 0 Å². The Hall–Kier alpha value is -4.01. The first kappa shape index (κ1) is 20.9. The summed E-state index contributed by atoms with van der Waals surface area (Å²) in [7, 11) is 0. The molecule has 2 aromatic carbocycles. The third-order valence-corrected chi connectivity index (χ3v) is 5.86. The highest BCUT2D eigenvalue weighted by molar-refractivity contribution is 5.78. The van der Waals surface area contributed by atoms with E-state index in [0.29, 0.717) is 49.6 Å². The van der Waals surface area contributed by atoms with Crippen LogP contribution in [0.2, 0.25) is 0 Å². The number of hydrogen-bond acceptors (Lipinski definition) is 6. The normalized spacial score (nSPS) is 14.1. The summed E-state index contributed by atoms with van der Waals surface area (Å²) >= 11 is 0. The fourth-order valence-corrected chi connectivity index (χ4v) is 4.13. The van der Waals surface area contributed by atoms with Crippen LogP contribution in [-0.4, -0.2) is 56.6 Å².